The molecular weight excluding hydrogens is 303 g/mol. The van der Waals surface area contributed by atoms with E-state index in [9.17, 15) is 9.18 Å². The van der Waals surface area contributed by atoms with Crippen molar-refractivity contribution in [2.24, 2.45) is 0 Å². The molecule has 0 amide bonds. The van der Waals surface area contributed by atoms with E-state index in [-0.39, 0.29) is 11.7 Å². The van der Waals surface area contributed by atoms with Crippen molar-refractivity contribution < 1.29 is 9.18 Å². The largest absolute Gasteiger partial charge is 0.272 e. The van der Waals surface area contributed by atoms with E-state index in [0.29, 0.717) is 11.1 Å². The number of halogens is 1. The van der Waals surface area contributed by atoms with E-state index in [2.05, 4.69) is 5.10 Å². The Labute approximate surface area is 140 Å². The molecule has 1 heterocycles. The number of benzene rings is 2. The van der Waals surface area contributed by atoms with Crippen molar-refractivity contribution in [1.82, 2.24) is 9.78 Å². The van der Waals surface area contributed by atoms with Crippen LogP contribution in [0.2, 0.25) is 0 Å². The number of carbonyl (C=O) groups excluding carboxylic acids is 1. The summed E-state index contributed by atoms with van der Waals surface area (Å²) in [6.45, 7) is 5.45. The summed E-state index contributed by atoms with van der Waals surface area (Å²) in [7, 11) is 0. The first kappa shape index (κ1) is 16.1. The number of aryl methyl sites for hydroxylation is 2. The Bertz CT molecular complexity index is 884. The lowest BCUT2D eigenvalue weighted by Crippen LogP contribution is -2.20. The topological polar surface area (TPSA) is 34.9 Å². The first-order chi connectivity index (χ1) is 11.5. The fourth-order valence-corrected chi connectivity index (χ4v) is 2.83. The molecule has 0 bridgehead atoms. The number of nitrogens with zero attached hydrogens (tertiary/aromatic N) is 2. The minimum absolute atomic E-state index is 0.160. The van der Waals surface area contributed by atoms with Gasteiger partial charge in [0.2, 0.25) is 0 Å². The Morgan fingerprint density at radius 2 is 1.79 bits per heavy atom. The summed E-state index contributed by atoms with van der Waals surface area (Å²) in [6.07, 6.45) is 0. The summed E-state index contributed by atoms with van der Waals surface area (Å²) < 4.78 is 15.9. The fraction of sp³-hybridized carbons (Fsp3) is 0.200. The zero-order valence-electron chi connectivity index (χ0n) is 14.0. The third-order valence-electron chi connectivity index (χ3n) is 4.17. The van der Waals surface area contributed by atoms with Crippen LogP contribution in [0, 0.1) is 19.7 Å². The van der Waals surface area contributed by atoms with Crippen LogP contribution in [0.4, 0.5) is 4.39 Å². The van der Waals surface area contributed by atoms with Crippen LogP contribution in [-0.4, -0.2) is 15.7 Å². The maximum atomic E-state index is 14.5. The third-order valence-corrected chi connectivity index (χ3v) is 4.17. The number of hydrogen-bond acceptors (Lipinski definition) is 2. The van der Waals surface area contributed by atoms with Gasteiger partial charge in [0.05, 0.1) is 11.6 Å². The number of hydrogen-bond donors (Lipinski definition) is 0. The molecule has 0 fully saturated rings. The van der Waals surface area contributed by atoms with E-state index in [1.54, 1.807) is 19.1 Å². The van der Waals surface area contributed by atoms with Gasteiger partial charge in [0.15, 0.2) is 0 Å². The van der Waals surface area contributed by atoms with Crippen LogP contribution in [0.5, 0.6) is 0 Å². The lowest BCUT2D eigenvalue weighted by Gasteiger charge is -2.13. The van der Waals surface area contributed by atoms with Gasteiger partial charge in [-0.05, 0) is 44.0 Å². The van der Waals surface area contributed by atoms with Crippen LogP contribution in [0.25, 0.3) is 11.1 Å². The Kier molecular flexibility index (Phi) is 4.30. The molecule has 24 heavy (non-hydrogen) atoms. The number of rotatable bonds is 3. The number of aromatic nitrogens is 2. The quantitative estimate of drug-likeness (QED) is 0.697. The highest BCUT2D eigenvalue weighted by Crippen LogP contribution is 2.27. The van der Waals surface area contributed by atoms with Gasteiger partial charge in [0.1, 0.15) is 5.82 Å². The SMILES string of the molecule is Cc1cc(C)n(C(=O)C(C)c2ccc(-c3ccccc3)c(F)c2)n1. The van der Waals surface area contributed by atoms with Crippen molar-refractivity contribution >= 4 is 5.91 Å². The minimum atomic E-state index is -0.470. The van der Waals surface area contributed by atoms with Gasteiger partial charge < -0.3 is 0 Å². The van der Waals surface area contributed by atoms with Gasteiger partial charge >= 0.3 is 0 Å². The van der Waals surface area contributed by atoms with Crippen LogP contribution in [0.15, 0.2) is 54.6 Å². The molecular formula is C20H19FN2O. The predicted octanol–water partition coefficient (Wildman–Crippen LogP) is 4.75. The molecule has 4 heteroatoms. The Morgan fingerprint density at radius 1 is 1.08 bits per heavy atom. The smallest absolute Gasteiger partial charge is 0.254 e. The molecule has 0 aliphatic rings. The van der Waals surface area contributed by atoms with Gasteiger partial charge in [0.25, 0.3) is 5.91 Å². The molecule has 3 nitrogen and oxygen atoms in total. The van der Waals surface area contributed by atoms with Gasteiger partial charge in [0, 0.05) is 11.3 Å². The van der Waals surface area contributed by atoms with Crippen LogP contribution in [-0.2, 0) is 0 Å². The minimum Gasteiger partial charge on any atom is -0.272 e. The molecule has 122 valence electrons. The highest BCUT2D eigenvalue weighted by molar-refractivity contribution is 5.85. The summed E-state index contributed by atoms with van der Waals surface area (Å²) >= 11 is 0. The Morgan fingerprint density at radius 3 is 2.38 bits per heavy atom. The highest BCUT2D eigenvalue weighted by Gasteiger charge is 2.21. The average Bonchev–Trinajstić information content (AvgIpc) is 2.92. The highest BCUT2D eigenvalue weighted by atomic mass is 19.1. The molecule has 0 aliphatic heterocycles. The van der Waals surface area contributed by atoms with E-state index in [0.717, 1.165) is 17.0 Å². The molecule has 3 rings (SSSR count). The molecule has 0 radical (unpaired) electrons. The Balaban J connectivity index is 1.91. The lowest BCUT2D eigenvalue weighted by atomic mass is 9.96. The van der Waals surface area contributed by atoms with Crippen LogP contribution >= 0.6 is 0 Å². The van der Waals surface area contributed by atoms with Crippen LogP contribution in [0.1, 0.15) is 34.6 Å². The molecule has 1 atom stereocenters. The fourth-order valence-electron chi connectivity index (χ4n) is 2.83. The van der Waals surface area contributed by atoms with Gasteiger partial charge in [-0.1, -0.05) is 42.5 Å². The zero-order chi connectivity index (χ0) is 17.3. The van der Waals surface area contributed by atoms with E-state index >= 15 is 0 Å². The van der Waals surface area contributed by atoms with Crippen molar-refractivity contribution in [3.05, 3.63) is 77.4 Å². The van der Waals surface area contributed by atoms with Gasteiger partial charge in [-0.25, -0.2) is 9.07 Å². The molecule has 2 aromatic carbocycles. The van der Waals surface area contributed by atoms with Crippen molar-refractivity contribution in [3.8, 4) is 11.1 Å². The first-order valence-electron chi connectivity index (χ1n) is 7.89. The van der Waals surface area contributed by atoms with Gasteiger partial charge in [-0.2, -0.15) is 5.10 Å². The summed E-state index contributed by atoms with van der Waals surface area (Å²) in [4.78, 5) is 12.6. The van der Waals surface area contributed by atoms with Crippen molar-refractivity contribution in [3.63, 3.8) is 0 Å². The Hall–Kier alpha value is -2.75. The van der Waals surface area contributed by atoms with E-state index in [4.69, 9.17) is 0 Å². The zero-order valence-corrected chi connectivity index (χ0v) is 14.0. The molecule has 3 aromatic rings. The third kappa shape index (κ3) is 3.00. The van der Waals surface area contributed by atoms with Crippen LogP contribution < -0.4 is 0 Å². The monoisotopic (exact) mass is 322 g/mol. The van der Waals surface area contributed by atoms with Crippen LogP contribution in [0.3, 0.4) is 0 Å². The standard InChI is InChI=1S/C20H19FN2O/c1-13-11-14(2)23(22-13)20(24)15(3)17-9-10-18(19(21)12-17)16-7-5-4-6-8-16/h4-12,15H,1-3H3. The van der Waals surface area contributed by atoms with E-state index in [1.165, 1.54) is 10.7 Å². The number of carbonyl (C=O) groups is 1. The van der Waals surface area contributed by atoms with Gasteiger partial charge in [-0.3, -0.25) is 4.79 Å². The predicted molar refractivity (Wildman–Crippen MR) is 92.6 cm³/mol. The van der Waals surface area contributed by atoms with Gasteiger partial charge in [-0.15, -0.1) is 0 Å². The second-order valence-corrected chi connectivity index (χ2v) is 6.00. The van der Waals surface area contributed by atoms with Crippen molar-refractivity contribution in [2.45, 2.75) is 26.7 Å². The van der Waals surface area contributed by atoms with E-state index in [1.807, 2.05) is 50.2 Å². The lowest BCUT2D eigenvalue weighted by molar-refractivity contribution is 0.0865. The average molecular weight is 322 g/mol. The summed E-state index contributed by atoms with van der Waals surface area (Å²) in [6, 6.07) is 16.2. The summed E-state index contributed by atoms with van der Waals surface area (Å²) in [5, 5.41) is 4.22. The first-order valence-corrected chi connectivity index (χ1v) is 7.89. The normalized spacial score (nSPS) is 12.2. The second-order valence-electron chi connectivity index (χ2n) is 6.00. The molecule has 1 unspecified atom stereocenters. The molecule has 0 spiro atoms. The second kappa shape index (κ2) is 6.40. The molecule has 0 saturated heterocycles. The maximum Gasteiger partial charge on any atom is 0.254 e. The molecule has 1 aromatic heterocycles. The molecule has 0 saturated carbocycles. The molecule has 0 aliphatic carbocycles. The summed E-state index contributed by atoms with van der Waals surface area (Å²) in [5.74, 6) is -0.957. The maximum absolute atomic E-state index is 14.5. The molecule has 0 N–H and O–H groups in total. The summed E-state index contributed by atoms with van der Waals surface area (Å²) in [5.41, 5.74) is 3.57. The van der Waals surface area contributed by atoms with Crippen molar-refractivity contribution in [1.29, 1.82) is 0 Å². The van der Waals surface area contributed by atoms with Crippen molar-refractivity contribution in [2.75, 3.05) is 0 Å². The van der Waals surface area contributed by atoms with E-state index < -0.39 is 5.92 Å².